The van der Waals surface area contributed by atoms with Crippen molar-refractivity contribution in [3.05, 3.63) is 76.4 Å². The average molecular weight is 308 g/mol. The molecule has 0 fully saturated rings. The summed E-state index contributed by atoms with van der Waals surface area (Å²) in [5.41, 5.74) is 2.83. The number of hydrogen-bond acceptors (Lipinski definition) is 2. The fourth-order valence-electron chi connectivity index (χ4n) is 2.30. The van der Waals surface area contributed by atoms with E-state index in [0.29, 0.717) is 5.56 Å². The summed E-state index contributed by atoms with van der Waals surface area (Å²) in [7, 11) is 0. The van der Waals surface area contributed by atoms with Gasteiger partial charge in [-0.2, -0.15) is 4.99 Å². The lowest BCUT2D eigenvalue weighted by atomic mass is 10.2. The highest BCUT2D eigenvalue weighted by atomic mass is 32.1. The molecule has 3 aromatic rings. The fraction of sp³-hybridized carbons (Fsp3) is 0.111. The van der Waals surface area contributed by atoms with Crippen molar-refractivity contribution in [2.45, 2.75) is 13.5 Å². The van der Waals surface area contributed by atoms with Crippen LogP contribution in [-0.2, 0) is 6.54 Å². The molecule has 0 spiro atoms. The predicted octanol–water partition coefficient (Wildman–Crippen LogP) is 3.98. The fourth-order valence-corrected chi connectivity index (χ4v) is 3.27. The summed E-state index contributed by atoms with van der Waals surface area (Å²) in [5.74, 6) is -0.204. The van der Waals surface area contributed by atoms with Gasteiger partial charge in [0.15, 0.2) is 4.80 Å². The third-order valence-corrected chi connectivity index (χ3v) is 4.26. The highest BCUT2D eigenvalue weighted by molar-refractivity contribution is 7.07. The molecule has 3 rings (SSSR count). The van der Waals surface area contributed by atoms with E-state index in [1.54, 1.807) is 12.1 Å². The maximum Gasteiger partial charge on any atom is 0.279 e. The van der Waals surface area contributed by atoms with Crippen LogP contribution in [0.3, 0.4) is 0 Å². The zero-order valence-corrected chi connectivity index (χ0v) is 13.1. The molecule has 0 aliphatic rings. The normalized spacial score (nSPS) is 11.6. The van der Waals surface area contributed by atoms with E-state index < -0.39 is 0 Å². The van der Waals surface area contributed by atoms with Gasteiger partial charge in [0.1, 0.15) is 0 Å². The van der Waals surface area contributed by atoms with Gasteiger partial charge in [-0.25, -0.2) is 0 Å². The minimum Gasteiger partial charge on any atom is -0.317 e. The summed E-state index contributed by atoms with van der Waals surface area (Å²) in [4.78, 5) is 17.3. The Labute approximate surface area is 133 Å². The predicted molar refractivity (Wildman–Crippen MR) is 89.8 cm³/mol. The average Bonchev–Trinajstić information content (AvgIpc) is 2.99. The lowest BCUT2D eigenvalue weighted by Crippen LogP contribution is -2.17. The molecule has 3 nitrogen and oxygen atoms in total. The van der Waals surface area contributed by atoms with Crippen molar-refractivity contribution >= 4 is 17.2 Å². The van der Waals surface area contributed by atoms with Gasteiger partial charge in [-0.1, -0.05) is 48.5 Å². The van der Waals surface area contributed by atoms with E-state index in [2.05, 4.69) is 34.0 Å². The van der Waals surface area contributed by atoms with Crippen LogP contribution >= 0.6 is 11.3 Å². The summed E-state index contributed by atoms with van der Waals surface area (Å²) in [6, 6.07) is 19.3. The third-order valence-electron chi connectivity index (χ3n) is 3.40. The number of rotatable bonds is 3. The van der Waals surface area contributed by atoms with Crippen LogP contribution in [0.1, 0.15) is 17.3 Å². The number of aromatic nitrogens is 1. The van der Waals surface area contributed by atoms with E-state index >= 15 is 0 Å². The van der Waals surface area contributed by atoms with Crippen LogP contribution in [0.15, 0.2) is 71.0 Å². The van der Waals surface area contributed by atoms with Gasteiger partial charge in [0.25, 0.3) is 5.91 Å². The van der Waals surface area contributed by atoms with E-state index in [-0.39, 0.29) is 5.91 Å². The van der Waals surface area contributed by atoms with Gasteiger partial charge in [-0.3, -0.25) is 4.79 Å². The zero-order chi connectivity index (χ0) is 15.4. The Bertz CT molecular complexity index is 832. The van der Waals surface area contributed by atoms with E-state index in [1.165, 1.54) is 11.3 Å². The topological polar surface area (TPSA) is 34.4 Å². The van der Waals surface area contributed by atoms with Crippen molar-refractivity contribution in [3.8, 4) is 11.3 Å². The second-order valence-electron chi connectivity index (χ2n) is 4.80. The first-order chi connectivity index (χ1) is 10.8. The molecule has 0 aliphatic heterocycles. The number of benzene rings is 2. The van der Waals surface area contributed by atoms with Gasteiger partial charge in [0, 0.05) is 17.5 Å². The number of hydrogen-bond donors (Lipinski definition) is 0. The highest BCUT2D eigenvalue weighted by Gasteiger charge is 2.08. The standard InChI is InChI=1S/C18H16N2OS/c1-2-20-16(14-9-5-3-6-10-14)13-22-18(20)19-17(21)15-11-7-4-8-12-15/h3-13H,2H2,1H3/b19-18-. The Morgan fingerprint density at radius 2 is 1.68 bits per heavy atom. The number of carbonyl (C=O) groups excluding carboxylic acids is 1. The molecule has 1 heterocycles. The van der Waals surface area contributed by atoms with Crippen LogP contribution in [0.2, 0.25) is 0 Å². The Morgan fingerprint density at radius 1 is 1.05 bits per heavy atom. The number of thiazole rings is 1. The summed E-state index contributed by atoms with van der Waals surface area (Å²) in [6.07, 6.45) is 0. The van der Waals surface area contributed by atoms with Gasteiger partial charge in [-0.05, 0) is 24.6 Å². The molecule has 0 saturated heterocycles. The van der Waals surface area contributed by atoms with Gasteiger partial charge in [-0.15, -0.1) is 11.3 Å². The Balaban J connectivity index is 2.04. The van der Waals surface area contributed by atoms with Crippen LogP contribution in [0.25, 0.3) is 11.3 Å². The largest absolute Gasteiger partial charge is 0.317 e. The quantitative estimate of drug-likeness (QED) is 0.720. The van der Waals surface area contributed by atoms with Crippen LogP contribution in [0, 0.1) is 0 Å². The number of amides is 1. The molecule has 1 aromatic heterocycles. The second kappa shape index (κ2) is 6.54. The van der Waals surface area contributed by atoms with Crippen molar-refractivity contribution in [2.75, 3.05) is 0 Å². The number of nitrogens with zero attached hydrogens (tertiary/aromatic N) is 2. The molecule has 0 saturated carbocycles. The van der Waals surface area contributed by atoms with Crippen molar-refractivity contribution in [1.29, 1.82) is 0 Å². The summed E-state index contributed by atoms with van der Waals surface area (Å²) in [6.45, 7) is 2.83. The summed E-state index contributed by atoms with van der Waals surface area (Å²) in [5, 5.41) is 2.05. The minimum atomic E-state index is -0.204. The van der Waals surface area contributed by atoms with Crippen molar-refractivity contribution < 1.29 is 4.79 Å². The lowest BCUT2D eigenvalue weighted by molar-refractivity contribution is 0.0998. The molecule has 0 N–H and O–H groups in total. The highest BCUT2D eigenvalue weighted by Crippen LogP contribution is 2.19. The molecule has 4 heteroatoms. The molecule has 22 heavy (non-hydrogen) atoms. The van der Waals surface area contributed by atoms with Gasteiger partial charge in [0.2, 0.25) is 0 Å². The summed E-state index contributed by atoms with van der Waals surface area (Å²) >= 11 is 1.49. The third kappa shape index (κ3) is 2.92. The van der Waals surface area contributed by atoms with Crippen LogP contribution in [0.4, 0.5) is 0 Å². The van der Waals surface area contributed by atoms with Crippen LogP contribution in [0.5, 0.6) is 0 Å². The van der Waals surface area contributed by atoms with Crippen molar-refractivity contribution in [1.82, 2.24) is 4.57 Å². The maximum atomic E-state index is 12.3. The first-order valence-corrected chi connectivity index (χ1v) is 8.05. The molecule has 1 amide bonds. The Hall–Kier alpha value is -2.46. The molecular weight excluding hydrogens is 292 g/mol. The molecule has 2 aromatic carbocycles. The van der Waals surface area contributed by atoms with E-state index in [9.17, 15) is 4.79 Å². The molecular formula is C18H16N2OS. The van der Waals surface area contributed by atoms with Gasteiger partial charge >= 0.3 is 0 Å². The van der Waals surface area contributed by atoms with Gasteiger partial charge < -0.3 is 4.57 Å². The summed E-state index contributed by atoms with van der Waals surface area (Å²) < 4.78 is 2.07. The van der Waals surface area contributed by atoms with Crippen molar-refractivity contribution in [3.63, 3.8) is 0 Å². The number of carbonyl (C=O) groups is 1. The monoisotopic (exact) mass is 308 g/mol. The molecule has 110 valence electrons. The molecule has 0 atom stereocenters. The first kappa shape index (κ1) is 14.5. The molecule has 0 aliphatic carbocycles. The smallest absolute Gasteiger partial charge is 0.279 e. The Kier molecular flexibility index (Phi) is 4.30. The van der Waals surface area contributed by atoms with Crippen molar-refractivity contribution in [2.24, 2.45) is 4.99 Å². The SMILES string of the molecule is CCn1c(-c2ccccc2)cs/c1=N\C(=O)c1ccccc1. The van der Waals surface area contributed by atoms with Crippen LogP contribution < -0.4 is 4.80 Å². The molecule has 0 unspecified atom stereocenters. The minimum absolute atomic E-state index is 0.204. The van der Waals surface area contributed by atoms with E-state index in [4.69, 9.17) is 0 Å². The Morgan fingerprint density at radius 3 is 2.32 bits per heavy atom. The lowest BCUT2D eigenvalue weighted by Gasteiger charge is -2.05. The molecule has 0 radical (unpaired) electrons. The second-order valence-corrected chi connectivity index (χ2v) is 5.63. The maximum absolute atomic E-state index is 12.3. The van der Waals surface area contributed by atoms with E-state index in [1.807, 2.05) is 36.4 Å². The first-order valence-electron chi connectivity index (χ1n) is 7.17. The van der Waals surface area contributed by atoms with E-state index in [0.717, 1.165) is 22.6 Å². The molecule has 0 bridgehead atoms. The van der Waals surface area contributed by atoms with Crippen LogP contribution in [-0.4, -0.2) is 10.5 Å². The zero-order valence-electron chi connectivity index (χ0n) is 12.3. The van der Waals surface area contributed by atoms with Gasteiger partial charge in [0.05, 0.1) is 5.69 Å².